The average Bonchev–Trinajstić information content (AvgIpc) is 2.85. The van der Waals surface area contributed by atoms with E-state index in [4.69, 9.17) is 0 Å². The number of fused-ring (bicyclic) bond motifs is 1. The number of aromatic nitrogens is 1. The van der Waals surface area contributed by atoms with Crippen LogP contribution in [0.25, 0.3) is 10.9 Å². The minimum absolute atomic E-state index is 0.156. The molecular formula is C17H23N3O. The van der Waals surface area contributed by atoms with Crippen molar-refractivity contribution in [3.63, 3.8) is 0 Å². The van der Waals surface area contributed by atoms with Gasteiger partial charge in [0.25, 0.3) is 5.91 Å². The molecule has 1 aromatic carbocycles. The molecule has 0 saturated carbocycles. The first-order chi connectivity index (χ1) is 10.2. The Balaban J connectivity index is 1.77. The van der Waals surface area contributed by atoms with E-state index in [1.807, 2.05) is 34.7 Å². The summed E-state index contributed by atoms with van der Waals surface area (Å²) in [6.45, 7) is 4.82. The Labute approximate surface area is 125 Å². The van der Waals surface area contributed by atoms with Gasteiger partial charge in [-0.1, -0.05) is 25.1 Å². The molecule has 4 heteroatoms. The summed E-state index contributed by atoms with van der Waals surface area (Å²) in [4.78, 5) is 14.7. The van der Waals surface area contributed by atoms with Crippen molar-refractivity contribution in [3.05, 3.63) is 36.0 Å². The van der Waals surface area contributed by atoms with Crippen LogP contribution < -0.4 is 5.32 Å². The smallest absolute Gasteiger partial charge is 0.270 e. The summed E-state index contributed by atoms with van der Waals surface area (Å²) in [6, 6.07) is 10.7. The molecule has 0 unspecified atom stereocenters. The number of rotatable bonds is 3. The highest BCUT2D eigenvalue weighted by molar-refractivity contribution is 5.98. The lowest BCUT2D eigenvalue weighted by atomic mass is 10.0. The van der Waals surface area contributed by atoms with Crippen molar-refractivity contribution >= 4 is 16.8 Å². The van der Waals surface area contributed by atoms with Crippen LogP contribution in [0.2, 0.25) is 0 Å². The van der Waals surface area contributed by atoms with E-state index in [0.717, 1.165) is 49.1 Å². The van der Waals surface area contributed by atoms with Crippen molar-refractivity contribution in [1.29, 1.82) is 0 Å². The number of hydrogen-bond donors (Lipinski definition) is 1. The number of likely N-dealkylation sites (tertiary alicyclic amines) is 1. The highest BCUT2D eigenvalue weighted by atomic mass is 16.2. The van der Waals surface area contributed by atoms with Crippen molar-refractivity contribution in [1.82, 2.24) is 14.8 Å². The first-order valence-corrected chi connectivity index (χ1v) is 7.78. The van der Waals surface area contributed by atoms with Gasteiger partial charge in [0.2, 0.25) is 0 Å². The zero-order valence-electron chi connectivity index (χ0n) is 12.8. The summed E-state index contributed by atoms with van der Waals surface area (Å²) in [7, 11) is 1.97. The zero-order chi connectivity index (χ0) is 14.8. The van der Waals surface area contributed by atoms with Gasteiger partial charge in [0.15, 0.2) is 0 Å². The molecule has 3 rings (SSSR count). The first kappa shape index (κ1) is 14.1. The summed E-state index contributed by atoms with van der Waals surface area (Å²) in [6.07, 6.45) is 2.09. The Morgan fingerprint density at radius 3 is 2.67 bits per heavy atom. The second-order valence-corrected chi connectivity index (χ2v) is 5.77. The Bertz CT molecular complexity index is 639. The summed E-state index contributed by atoms with van der Waals surface area (Å²) >= 11 is 0. The normalized spacial score (nSPS) is 16.6. The quantitative estimate of drug-likeness (QED) is 0.940. The number of carbonyl (C=O) groups excluding carboxylic acids is 1. The molecule has 2 aromatic rings. The Morgan fingerprint density at radius 2 is 2.00 bits per heavy atom. The number of piperidine rings is 1. The van der Waals surface area contributed by atoms with Crippen LogP contribution in [-0.4, -0.2) is 41.1 Å². The van der Waals surface area contributed by atoms with E-state index in [9.17, 15) is 4.79 Å². The first-order valence-electron chi connectivity index (χ1n) is 7.78. The van der Waals surface area contributed by atoms with Crippen LogP contribution >= 0.6 is 0 Å². The Hall–Kier alpha value is -1.81. The summed E-state index contributed by atoms with van der Waals surface area (Å²) < 4.78 is 2.01. The van der Waals surface area contributed by atoms with Gasteiger partial charge in [0.05, 0.1) is 0 Å². The SMILES string of the molecule is CCNC1CCN(C(=O)c2cc3ccccc3n2C)CC1. The molecule has 0 bridgehead atoms. The second-order valence-electron chi connectivity index (χ2n) is 5.77. The molecule has 1 saturated heterocycles. The van der Waals surface area contributed by atoms with Crippen molar-refractivity contribution < 1.29 is 4.79 Å². The van der Waals surface area contributed by atoms with Gasteiger partial charge in [0, 0.05) is 37.1 Å². The molecule has 1 aliphatic rings. The average molecular weight is 285 g/mol. The molecule has 21 heavy (non-hydrogen) atoms. The van der Waals surface area contributed by atoms with Gasteiger partial charge in [-0.2, -0.15) is 0 Å². The van der Waals surface area contributed by atoms with Crippen LogP contribution in [0.4, 0.5) is 0 Å². The second kappa shape index (κ2) is 5.90. The molecule has 4 nitrogen and oxygen atoms in total. The van der Waals surface area contributed by atoms with Crippen LogP contribution in [0.3, 0.4) is 0 Å². The van der Waals surface area contributed by atoms with Crippen molar-refractivity contribution in [2.75, 3.05) is 19.6 Å². The molecule has 1 amide bonds. The van der Waals surface area contributed by atoms with Crippen molar-refractivity contribution in [2.45, 2.75) is 25.8 Å². The van der Waals surface area contributed by atoms with Gasteiger partial charge in [0.1, 0.15) is 5.69 Å². The highest BCUT2D eigenvalue weighted by Crippen LogP contribution is 2.21. The number of para-hydroxylation sites is 1. The fourth-order valence-electron chi connectivity index (χ4n) is 3.23. The largest absolute Gasteiger partial charge is 0.340 e. The van der Waals surface area contributed by atoms with E-state index in [2.05, 4.69) is 24.4 Å². The third-order valence-corrected chi connectivity index (χ3v) is 4.45. The molecule has 112 valence electrons. The van der Waals surface area contributed by atoms with Crippen LogP contribution in [0.5, 0.6) is 0 Å². The van der Waals surface area contributed by atoms with Gasteiger partial charge in [-0.05, 0) is 31.5 Å². The maximum absolute atomic E-state index is 12.7. The molecule has 0 atom stereocenters. The Morgan fingerprint density at radius 1 is 1.29 bits per heavy atom. The molecule has 0 radical (unpaired) electrons. The minimum atomic E-state index is 0.156. The molecule has 0 aliphatic carbocycles. The lowest BCUT2D eigenvalue weighted by molar-refractivity contribution is 0.0696. The monoisotopic (exact) mass is 285 g/mol. The maximum Gasteiger partial charge on any atom is 0.270 e. The number of carbonyl (C=O) groups is 1. The lowest BCUT2D eigenvalue weighted by Crippen LogP contribution is -2.45. The van der Waals surface area contributed by atoms with Gasteiger partial charge in [-0.3, -0.25) is 4.79 Å². The third-order valence-electron chi connectivity index (χ3n) is 4.45. The number of hydrogen-bond acceptors (Lipinski definition) is 2. The highest BCUT2D eigenvalue weighted by Gasteiger charge is 2.25. The fourth-order valence-corrected chi connectivity index (χ4v) is 3.23. The van der Waals surface area contributed by atoms with Gasteiger partial charge >= 0.3 is 0 Å². The summed E-state index contributed by atoms with van der Waals surface area (Å²) in [5, 5.41) is 4.60. The van der Waals surface area contributed by atoms with Crippen LogP contribution in [0, 0.1) is 0 Å². The molecule has 1 aromatic heterocycles. The van der Waals surface area contributed by atoms with Crippen LogP contribution in [0.15, 0.2) is 30.3 Å². The number of aryl methyl sites for hydroxylation is 1. The number of amides is 1. The Kier molecular flexibility index (Phi) is 3.97. The minimum Gasteiger partial charge on any atom is -0.340 e. The zero-order valence-corrected chi connectivity index (χ0v) is 12.8. The van der Waals surface area contributed by atoms with Crippen molar-refractivity contribution in [3.8, 4) is 0 Å². The predicted molar refractivity (Wildman–Crippen MR) is 85.5 cm³/mol. The van der Waals surface area contributed by atoms with E-state index >= 15 is 0 Å². The lowest BCUT2D eigenvalue weighted by Gasteiger charge is -2.32. The van der Waals surface area contributed by atoms with E-state index in [1.54, 1.807) is 0 Å². The van der Waals surface area contributed by atoms with E-state index in [1.165, 1.54) is 0 Å². The molecule has 1 N–H and O–H groups in total. The molecular weight excluding hydrogens is 262 g/mol. The molecule has 1 aliphatic heterocycles. The van der Waals surface area contributed by atoms with E-state index in [-0.39, 0.29) is 5.91 Å². The van der Waals surface area contributed by atoms with Crippen LogP contribution in [-0.2, 0) is 7.05 Å². The standard InChI is InChI=1S/C17H23N3O/c1-3-18-14-8-10-20(11-9-14)17(21)16-12-13-6-4-5-7-15(13)19(16)2/h4-7,12,14,18H,3,8-11H2,1-2H3. The van der Waals surface area contributed by atoms with E-state index in [0.29, 0.717) is 6.04 Å². The number of benzene rings is 1. The molecule has 1 fully saturated rings. The predicted octanol–water partition coefficient (Wildman–Crippen LogP) is 2.39. The molecule has 2 heterocycles. The fraction of sp³-hybridized carbons (Fsp3) is 0.471. The molecule has 0 spiro atoms. The summed E-state index contributed by atoms with van der Waals surface area (Å²) in [5.41, 5.74) is 1.90. The maximum atomic E-state index is 12.7. The summed E-state index contributed by atoms with van der Waals surface area (Å²) in [5.74, 6) is 0.156. The topological polar surface area (TPSA) is 37.3 Å². The van der Waals surface area contributed by atoms with Gasteiger partial charge < -0.3 is 14.8 Å². The van der Waals surface area contributed by atoms with Gasteiger partial charge in [-0.15, -0.1) is 0 Å². The van der Waals surface area contributed by atoms with Gasteiger partial charge in [-0.25, -0.2) is 0 Å². The van der Waals surface area contributed by atoms with Crippen molar-refractivity contribution in [2.24, 2.45) is 7.05 Å². The third kappa shape index (κ3) is 2.68. The van der Waals surface area contributed by atoms with Crippen LogP contribution in [0.1, 0.15) is 30.3 Å². The van der Waals surface area contributed by atoms with E-state index < -0.39 is 0 Å². The number of nitrogens with zero attached hydrogens (tertiary/aromatic N) is 2. The number of nitrogens with one attached hydrogen (secondary N) is 1.